The predicted molar refractivity (Wildman–Crippen MR) is 71.9 cm³/mol. The Hall–Kier alpha value is -1.65. The number of carbonyl (C=O) groups excluding carboxylic acids is 2. The Morgan fingerprint density at radius 2 is 2.16 bits per heavy atom. The molecule has 0 saturated carbocycles. The molecule has 1 aromatic rings. The van der Waals surface area contributed by atoms with Gasteiger partial charge >= 0.3 is 5.97 Å². The van der Waals surface area contributed by atoms with E-state index in [1.165, 1.54) is 13.2 Å². The van der Waals surface area contributed by atoms with Gasteiger partial charge in [0.2, 0.25) is 0 Å². The third-order valence-corrected chi connectivity index (χ3v) is 3.34. The van der Waals surface area contributed by atoms with Crippen molar-refractivity contribution in [3.63, 3.8) is 0 Å². The molecule has 0 amide bonds. The zero-order valence-corrected chi connectivity index (χ0v) is 11.3. The lowest BCUT2D eigenvalue weighted by Crippen LogP contribution is -2.40. The van der Waals surface area contributed by atoms with Crippen molar-refractivity contribution in [1.29, 1.82) is 0 Å². The van der Waals surface area contributed by atoms with E-state index in [4.69, 9.17) is 16.3 Å². The van der Waals surface area contributed by atoms with Gasteiger partial charge in [0, 0.05) is 11.6 Å². The summed E-state index contributed by atoms with van der Waals surface area (Å²) in [6, 6.07) is 6.43. The molecule has 1 aliphatic heterocycles. The second-order valence-corrected chi connectivity index (χ2v) is 4.65. The summed E-state index contributed by atoms with van der Waals surface area (Å²) >= 11 is 6.14. The Morgan fingerprint density at radius 1 is 1.42 bits per heavy atom. The fourth-order valence-electron chi connectivity index (χ4n) is 2.11. The molecule has 1 aromatic carbocycles. The van der Waals surface area contributed by atoms with Gasteiger partial charge in [-0.05, 0) is 17.7 Å². The summed E-state index contributed by atoms with van der Waals surface area (Å²) in [6.45, 7) is 0.693. The molecule has 19 heavy (non-hydrogen) atoms. The lowest BCUT2D eigenvalue weighted by atomic mass is 10.0. The van der Waals surface area contributed by atoms with E-state index in [0.717, 1.165) is 0 Å². The molecule has 0 saturated heterocycles. The monoisotopic (exact) mass is 279 g/mol. The molecule has 0 fully saturated rings. The average Bonchev–Trinajstić information content (AvgIpc) is 2.41. The minimum atomic E-state index is -0.660. The Kier molecular flexibility index (Phi) is 4.35. The van der Waals surface area contributed by atoms with Crippen LogP contribution < -0.4 is 0 Å². The van der Waals surface area contributed by atoms with E-state index in [0.29, 0.717) is 17.1 Å². The molecule has 0 aliphatic carbocycles. The van der Waals surface area contributed by atoms with Crippen LogP contribution in [0.2, 0.25) is 5.02 Å². The second kappa shape index (κ2) is 5.99. The summed E-state index contributed by atoms with van der Waals surface area (Å²) in [4.78, 5) is 25.2. The molecule has 1 atom stereocenters. The van der Waals surface area contributed by atoms with Crippen molar-refractivity contribution in [2.75, 3.05) is 20.2 Å². The fourth-order valence-corrected chi connectivity index (χ4v) is 2.35. The van der Waals surface area contributed by atoms with Crippen LogP contribution in [0.25, 0.3) is 0 Å². The Labute approximate surface area is 116 Å². The van der Waals surface area contributed by atoms with Gasteiger partial charge in [-0.3, -0.25) is 9.69 Å². The lowest BCUT2D eigenvalue weighted by Gasteiger charge is -2.30. The van der Waals surface area contributed by atoms with Crippen LogP contribution in [0, 0.1) is 0 Å². The van der Waals surface area contributed by atoms with Crippen LogP contribution in [0.5, 0.6) is 0 Å². The smallest absolute Gasteiger partial charge is 0.327 e. The molecular formula is C14H14ClNO3. The normalized spacial score (nSPS) is 17.3. The van der Waals surface area contributed by atoms with Gasteiger partial charge in [0.05, 0.1) is 13.7 Å². The first-order valence-corrected chi connectivity index (χ1v) is 6.27. The number of benzene rings is 1. The zero-order chi connectivity index (χ0) is 13.8. The third-order valence-electron chi connectivity index (χ3n) is 2.99. The van der Waals surface area contributed by atoms with Crippen LogP contribution in [0.3, 0.4) is 0 Å². The molecule has 0 spiro atoms. The highest BCUT2D eigenvalue weighted by molar-refractivity contribution is 6.31. The van der Waals surface area contributed by atoms with Crippen molar-refractivity contribution in [3.05, 3.63) is 47.0 Å². The van der Waals surface area contributed by atoms with Gasteiger partial charge in [0.1, 0.15) is 6.04 Å². The van der Waals surface area contributed by atoms with Crippen molar-refractivity contribution < 1.29 is 14.3 Å². The molecule has 0 aromatic heterocycles. The Morgan fingerprint density at radius 3 is 2.79 bits per heavy atom. The van der Waals surface area contributed by atoms with E-state index < -0.39 is 12.0 Å². The molecule has 5 heteroatoms. The maximum Gasteiger partial charge on any atom is 0.327 e. The molecule has 4 nitrogen and oxygen atoms in total. The van der Waals surface area contributed by atoms with Gasteiger partial charge in [-0.15, -0.1) is 0 Å². The highest BCUT2D eigenvalue weighted by Gasteiger charge is 2.31. The highest BCUT2D eigenvalue weighted by atomic mass is 35.5. The number of rotatable bonds is 3. The Balaban J connectivity index is 2.37. The van der Waals surface area contributed by atoms with Gasteiger partial charge < -0.3 is 4.74 Å². The maximum atomic E-state index is 12.0. The lowest BCUT2D eigenvalue weighted by molar-refractivity contribution is -0.147. The van der Waals surface area contributed by atoms with Crippen LogP contribution in [0.1, 0.15) is 11.6 Å². The summed E-state index contributed by atoms with van der Waals surface area (Å²) in [7, 11) is 1.33. The minimum Gasteiger partial charge on any atom is -0.468 e. The maximum absolute atomic E-state index is 12.0. The summed E-state index contributed by atoms with van der Waals surface area (Å²) < 4.78 is 4.84. The molecular weight excluding hydrogens is 266 g/mol. The van der Waals surface area contributed by atoms with Crippen molar-refractivity contribution in [2.45, 2.75) is 6.04 Å². The van der Waals surface area contributed by atoms with Crippen LogP contribution in [0.15, 0.2) is 36.4 Å². The number of ketones is 1. The van der Waals surface area contributed by atoms with Crippen molar-refractivity contribution in [2.24, 2.45) is 0 Å². The van der Waals surface area contributed by atoms with Crippen molar-refractivity contribution in [1.82, 2.24) is 4.90 Å². The standard InChI is InChI=1S/C14H14ClNO3/c1-19-14(18)13(11-6-2-3-7-12(11)15)16-8-4-5-10(17)9-16/h2-7,13H,8-9H2,1H3/t13-/m1/s1. The van der Waals surface area contributed by atoms with E-state index in [1.54, 1.807) is 35.2 Å². The molecule has 0 unspecified atom stereocenters. The largest absolute Gasteiger partial charge is 0.468 e. The molecule has 1 heterocycles. The topological polar surface area (TPSA) is 46.6 Å². The van der Waals surface area contributed by atoms with E-state index in [-0.39, 0.29) is 12.3 Å². The predicted octanol–water partition coefficient (Wildman–Crippen LogP) is 1.99. The fraction of sp³-hybridized carbons (Fsp3) is 0.286. The number of nitrogens with zero attached hydrogens (tertiary/aromatic N) is 1. The Bertz CT molecular complexity index is 527. The molecule has 100 valence electrons. The molecule has 0 N–H and O–H groups in total. The summed E-state index contributed by atoms with van der Waals surface area (Å²) in [5, 5.41) is 0.486. The van der Waals surface area contributed by atoms with Crippen LogP contribution in [0.4, 0.5) is 0 Å². The highest BCUT2D eigenvalue weighted by Crippen LogP contribution is 2.29. The van der Waals surface area contributed by atoms with E-state index >= 15 is 0 Å². The first kappa shape index (κ1) is 13.8. The van der Waals surface area contributed by atoms with Crippen LogP contribution in [-0.4, -0.2) is 36.9 Å². The average molecular weight is 280 g/mol. The number of carbonyl (C=O) groups is 2. The van der Waals surface area contributed by atoms with Gasteiger partial charge in [-0.2, -0.15) is 0 Å². The summed E-state index contributed by atoms with van der Waals surface area (Å²) in [5.74, 6) is -0.455. The minimum absolute atomic E-state index is 0.0350. The van der Waals surface area contributed by atoms with E-state index in [2.05, 4.69) is 0 Å². The second-order valence-electron chi connectivity index (χ2n) is 4.25. The SMILES string of the molecule is COC(=O)[C@@H](c1ccccc1Cl)N1CC=CC(=O)C1. The molecule has 2 rings (SSSR count). The number of halogens is 1. The number of ether oxygens (including phenoxy) is 1. The third kappa shape index (κ3) is 3.03. The summed E-state index contributed by atoms with van der Waals surface area (Å²) in [5.41, 5.74) is 0.652. The number of esters is 1. The zero-order valence-electron chi connectivity index (χ0n) is 10.5. The van der Waals surface area contributed by atoms with Crippen molar-refractivity contribution in [3.8, 4) is 0 Å². The van der Waals surface area contributed by atoms with Gasteiger partial charge in [0.15, 0.2) is 5.78 Å². The van der Waals surface area contributed by atoms with Gasteiger partial charge in [-0.1, -0.05) is 35.9 Å². The van der Waals surface area contributed by atoms with Crippen LogP contribution in [-0.2, 0) is 14.3 Å². The number of hydrogen-bond donors (Lipinski definition) is 0. The van der Waals surface area contributed by atoms with Crippen LogP contribution >= 0.6 is 11.6 Å². The first-order valence-electron chi connectivity index (χ1n) is 5.89. The molecule has 0 bridgehead atoms. The van der Waals surface area contributed by atoms with Gasteiger partial charge in [-0.25, -0.2) is 4.79 Å². The number of hydrogen-bond acceptors (Lipinski definition) is 4. The summed E-state index contributed by atoms with van der Waals surface area (Å²) in [6.07, 6.45) is 3.26. The van der Waals surface area contributed by atoms with E-state index in [1.807, 2.05) is 0 Å². The van der Waals surface area contributed by atoms with Crippen molar-refractivity contribution >= 4 is 23.4 Å². The molecule has 1 aliphatic rings. The molecule has 0 radical (unpaired) electrons. The number of methoxy groups -OCH3 is 1. The van der Waals surface area contributed by atoms with Gasteiger partial charge in [0.25, 0.3) is 0 Å². The van der Waals surface area contributed by atoms with E-state index in [9.17, 15) is 9.59 Å². The quantitative estimate of drug-likeness (QED) is 0.794. The first-order chi connectivity index (χ1) is 9.13.